The number of amides is 1. The molecule has 0 aliphatic rings. The Kier molecular flexibility index (Phi) is 4.10. The van der Waals surface area contributed by atoms with Gasteiger partial charge in [-0.25, -0.2) is 9.37 Å². The summed E-state index contributed by atoms with van der Waals surface area (Å²) >= 11 is 0. The quantitative estimate of drug-likeness (QED) is 0.783. The molecule has 0 unspecified atom stereocenters. The fourth-order valence-corrected chi connectivity index (χ4v) is 2.16. The summed E-state index contributed by atoms with van der Waals surface area (Å²) < 4.78 is 13.4. The Morgan fingerprint density at radius 1 is 1.13 bits per heavy atom. The van der Waals surface area contributed by atoms with E-state index in [1.165, 1.54) is 18.3 Å². The Morgan fingerprint density at radius 3 is 2.65 bits per heavy atom. The van der Waals surface area contributed by atoms with Crippen molar-refractivity contribution in [2.75, 3.05) is 5.32 Å². The maximum absolute atomic E-state index is 13.4. The van der Waals surface area contributed by atoms with Gasteiger partial charge in [-0.05, 0) is 31.2 Å². The normalized spacial score (nSPS) is 10.3. The van der Waals surface area contributed by atoms with E-state index in [9.17, 15) is 9.18 Å². The van der Waals surface area contributed by atoms with Crippen molar-refractivity contribution >= 4 is 11.6 Å². The van der Waals surface area contributed by atoms with E-state index in [-0.39, 0.29) is 20.3 Å². The van der Waals surface area contributed by atoms with E-state index < -0.39 is 0 Å². The molecule has 0 atom stereocenters. The molecule has 23 heavy (non-hydrogen) atoms. The lowest BCUT2D eigenvalue weighted by Crippen LogP contribution is -2.16. The minimum absolute atomic E-state index is 0. The van der Waals surface area contributed by atoms with E-state index in [4.69, 9.17) is 0 Å². The van der Waals surface area contributed by atoms with Crippen LogP contribution in [0.25, 0.3) is 11.3 Å². The van der Waals surface area contributed by atoms with Crippen molar-refractivity contribution in [1.82, 2.24) is 9.97 Å². The standard InChI is InChI=1S/C18H14FN3O.2H2/c1-12-17(18(23)21-15-8-3-2-4-9-15)22-16(11-20-12)13-6-5-7-14(19)10-13;;/h2-11H,1H3,(H,21,23);2*1H. The molecule has 0 spiro atoms. The molecule has 0 saturated heterocycles. The van der Waals surface area contributed by atoms with Gasteiger partial charge in [-0.3, -0.25) is 9.78 Å². The fraction of sp³-hybridized carbons (Fsp3) is 0.0556. The molecule has 0 bridgehead atoms. The highest BCUT2D eigenvalue weighted by Crippen LogP contribution is 2.19. The number of hydrogen-bond donors (Lipinski definition) is 1. The molecule has 2 aromatic carbocycles. The zero-order valence-electron chi connectivity index (χ0n) is 12.5. The lowest BCUT2D eigenvalue weighted by molar-refractivity contribution is 0.102. The first-order valence-corrected chi connectivity index (χ1v) is 7.09. The average Bonchev–Trinajstić information content (AvgIpc) is 2.56. The molecule has 1 N–H and O–H groups in total. The van der Waals surface area contributed by atoms with Crippen LogP contribution in [0, 0.1) is 12.7 Å². The second kappa shape index (κ2) is 6.36. The number of carbonyl (C=O) groups is 1. The molecule has 0 aliphatic carbocycles. The van der Waals surface area contributed by atoms with E-state index in [2.05, 4.69) is 15.3 Å². The van der Waals surface area contributed by atoms with Gasteiger partial charge in [0.2, 0.25) is 0 Å². The van der Waals surface area contributed by atoms with E-state index in [0.717, 1.165) is 0 Å². The van der Waals surface area contributed by atoms with Crippen LogP contribution < -0.4 is 5.32 Å². The van der Waals surface area contributed by atoms with Crippen LogP contribution in [0.15, 0.2) is 60.8 Å². The maximum Gasteiger partial charge on any atom is 0.276 e. The fourth-order valence-electron chi connectivity index (χ4n) is 2.16. The van der Waals surface area contributed by atoms with Crippen molar-refractivity contribution in [3.63, 3.8) is 0 Å². The van der Waals surface area contributed by atoms with Crippen LogP contribution in [0.4, 0.5) is 10.1 Å². The van der Waals surface area contributed by atoms with Gasteiger partial charge in [0.15, 0.2) is 0 Å². The van der Waals surface area contributed by atoms with Crippen molar-refractivity contribution in [1.29, 1.82) is 0 Å². The Hall–Kier alpha value is -3.08. The van der Waals surface area contributed by atoms with Crippen LogP contribution in [-0.2, 0) is 0 Å². The Bertz CT molecular complexity index is 860. The number of nitrogens with zero attached hydrogens (tertiary/aromatic N) is 2. The Balaban J connectivity index is 0.00000156. The molecule has 118 valence electrons. The zero-order valence-corrected chi connectivity index (χ0v) is 12.5. The number of anilines is 1. The van der Waals surface area contributed by atoms with Crippen molar-refractivity contribution in [2.24, 2.45) is 0 Å². The molecule has 5 heteroatoms. The van der Waals surface area contributed by atoms with E-state index in [0.29, 0.717) is 22.6 Å². The topological polar surface area (TPSA) is 54.9 Å². The molecule has 0 radical (unpaired) electrons. The third-order valence-electron chi connectivity index (χ3n) is 3.32. The summed E-state index contributed by atoms with van der Waals surface area (Å²) in [6.45, 7) is 1.71. The molecule has 1 heterocycles. The highest BCUT2D eigenvalue weighted by Gasteiger charge is 2.14. The highest BCUT2D eigenvalue weighted by atomic mass is 19.1. The van der Waals surface area contributed by atoms with Crippen molar-refractivity contribution in [2.45, 2.75) is 6.92 Å². The average molecular weight is 311 g/mol. The number of aryl methyl sites for hydroxylation is 1. The van der Waals surface area contributed by atoms with Crippen LogP contribution in [0.1, 0.15) is 19.0 Å². The van der Waals surface area contributed by atoms with E-state index >= 15 is 0 Å². The summed E-state index contributed by atoms with van der Waals surface area (Å²) in [5, 5.41) is 2.77. The van der Waals surface area contributed by atoms with Gasteiger partial charge < -0.3 is 5.32 Å². The van der Waals surface area contributed by atoms with Gasteiger partial charge >= 0.3 is 0 Å². The number of benzene rings is 2. The van der Waals surface area contributed by atoms with Crippen LogP contribution in [0.5, 0.6) is 0 Å². The number of carbonyl (C=O) groups excluding carboxylic acids is 1. The second-order valence-corrected chi connectivity index (χ2v) is 5.02. The number of hydrogen-bond acceptors (Lipinski definition) is 3. The lowest BCUT2D eigenvalue weighted by Gasteiger charge is -2.08. The number of para-hydroxylation sites is 1. The Labute approximate surface area is 136 Å². The van der Waals surface area contributed by atoms with Crippen LogP contribution >= 0.6 is 0 Å². The first-order valence-electron chi connectivity index (χ1n) is 7.09. The van der Waals surface area contributed by atoms with E-state index in [1.54, 1.807) is 31.2 Å². The number of aromatic nitrogens is 2. The Morgan fingerprint density at radius 2 is 1.91 bits per heavy atom. The summed E-state index contributed by atoms with van der Waals surface area (Å²) in [7, 11) is 0. The monoisotopic (exact) mass is 311 g/mol. The van der Waals surface area contributed by atoms with Crippen molar-refractivity contribution in [3.8, 4) is 11.3 Å². The van der Waals surface area contributed by atoms with Crippen LogP contribution in [0.3, 0.4) is 0 Å². The van der Waals surface area contributed by atoms with E-state index in [1.807, 2.05) is 18.2 Å². The molecule has 3 rings (SSSR count). The SMILES string of the molecule is Cc1ncc(-c2cccc(F)c2)nc1C(=O)Nc1ccccc1.[HH].[HH]. The van der Waals surface area contributed by atoms with Gasteiger partial charge in [-0.1, -0.05) is 30.3 Å². The highest BCUT2D eigenvalue weighted by molar-refractivity contribution is 6.03. The number of rotatable bonds is 3. The second-order valence-electron chi connectivity index (χ2n) is 5.02. The summed E-state index contributed by atoms with van der Waals surface area (Å²) in [6.07, 6.45) is 1.53. The van der Waals surface area contributed by atoms with Crippen molar-refractivity contribution < 1.29 is 12.0 Å². The molecule has 1 amide bonds. The summed E-state index contributed by atoms with van der Waals surface area (Å²) in [4.78, 5) is 20.9. The van der Waals surface area contributed by atoms with Crippen molar-refractivity contribution in [3.05, 3.63) is 78.0 Å². The lowest BCUT2D eigenvalue weighted by atomic mass is 10.1. The summed E-state index contributed by atoms with van der Waals surface area (Å²) in [5.41, 5.74) is 2.43. The molecule has 1 aromatic heterocycles. The van der Waals surface area contributed by atoms with Crippen LogP contribution in [-0.4, -0.2) is 15.9 Å². The molecule has 0 aliphatic heterocycles. The summed E-state index contributed by atoms with van der Waals surface area (Å²) in [5.74, 6) is -0.709. The predicted octanol–water partition coefficient (Wildman–Crippen LogP) is 4.34. The molecule has 0 saturated carbocycles. The molecule has 3 aromatic rings. The van der Waals surface area contributed by atoms with Gasteiger partial charge in [-0.2, -0.15) is 0 Å². The first-order chi connectivity index (χ1) is 11.1. The number of halogens is 1. The van der Waals surface area contributed by atoms with Gasteiger partial charge in [-0.15, -0.1) is 0 Å². The zero-order chi connectivity index (χ0) is 16.2. The predicted molar refractivity (Wildman–Crippen MR) is 90.8 cm³/mol. The third kappa shape index (κ3) is 3.40. The molecular weight excluding hydrogens is 293 g/mol. The van der Waals surface area contributed by atoms with Gasteiger partial charge in [0.25, 0.3) is 5.91 Å². The van der Waals surface area contributed by atoms with Gasteiger partial charge in [0.1, 0.15) is 11.5 Å². The summed E-state index contributed by atoms with van der Waals surface area (Å²) in [6, 6.07) is 15.1. The third-order valence-corrected chi connectivity index (χ3v) is 3.32. The maximum atomic E-state index is 13.4. The minimum atomic E-state index is -0.361. The van der Waals surface area contributed by atoms with Crippen LogP contribution in [0.2, 0.25) is 0 Å². The molecule has 0 fully saturated rings. The van der Waals surface area contributed by atoms with Gasteiger partial charge in [0, 0.05) is 14.1 Å². The minimum Gasteiger partial charge on any atom is -0.321 e. The molecule has 4 nitrogen and oxygen atoms in total. The molecular formula is C18H18FN3O. The van der Waals surface area contributed by atoms with Gasteiger partial charge in [0.05, 0.1) is 17.6 Å². The number of nitrogens with one attached hydrogen (secondary N) is 1. The largest absolute Gasteiger partial charge is 0.321 e. The first kappa shape index (κ1) is 14.8. The smallest absolute Gasteiger partial charge is 0.276 e.